The Labute approximate surface area is 168 Å². The van der Waals surface area contributed by atoms with Crippen molar-refractivity contribution in [3.05, 3.63) is 71.3 Å². The summed E-state index contributed by atoms with van der Waals surface area (Å²) < 4.78 is 26.6. The minimum absolute atomic E-state index is 0.00621. The molecule has 0 saturated heterocycles. The first-order valence-corrected chi connectivity index (χ1v) is 9.97. The summed E-state index contributed by atoms with van der Waals surface area (Å²) in [5, 5.41) is 2.48. The van der Waals surface area contributed by atoms with Gasteiger partial charge in [0.15, 0.2) is 0 Å². The van der Waals surface area contributed by atoms with Crippen LogP contribution in [0.5, 0.6) is 0 Å². The maximum atomic E-state index is 13.3. The monoisotopic (exact) mass is 406 g/mol. The molecule has 7 heteroatoms. The summed E-state index contributed by atoms with van der Waals surface area (Å²) in [5.41, 5.74) is 1.62. The van der Waals surface area contributed by atoms with Crippen LogP contribution in [-0.4, -0.2) is 42.1 Å². The molecule has 0 saturated carbocycles. The van der Waals surface area contributed by atoms with E-state index in [1.165, 1.54) is 40.9 Å². The van der Waals surface area contributed by atoms with Gasteiger partial charge in [0.2, 0.25) is 11.8 Å². The number of amides is 2. The fourth-order valence-corrected chi connectivity index (χ4v) is 3.82. The summed E-state index contributed by atoms with van der Waals surface area (Å²) in [4.78, 5) is 25.6. The predicted molar refractivity (Wildman–Crippen MR) is 108 cm³/mol. The Morgan fingerprint density at radius 2 is 1.43 bits per heavy atom. The van der Waals surface area contributed by atoms with Gasteiger partial charge in [0, 0.05) is 13.1 Å². The second kappa shape index (κ2) is 10.2. The Morgan fingerprint density at radius 3 is 1.86 bits per heavy atom. The molecule has 0 bridgehead atoms. The molecule has 0 atom stereocenters. The predicted octanol–water partition coefficient (Wildman–Crippen LogP) is 3.77. The normalized spacial score (nSPS) is 11.0. The third kappa shape index (κ3) is 6.64. The number of nitrogens with one attached hydrogen (secondary N) is 1. The van der Waals surface area contributed by atoms with Crippen LogP contribution >= 0.6 is 11.8 Å². The van der Waals surface area contributed by atoms with Gasteiger partial charge in [-0.05, 0) is 49.2 Å². The van der Waals surface area contributed by atoms with Gasteiger partial charge in [-0.2, -0.15) is 0 Å². The summed E-state index contributed by atoms with van der Waals surface area (Å²) in [5.74, 6) is -0.981. The smallest absolute Gasteiger partial charge is 0.239 e. The van der Waals surface area contributed by atoms with Crippen LogP contribution in [0.3, 0.4) is 0 Å². The number of thioether (sulfide) groups is 1. The van der Waals surface area contributed by atoms with Gasteiger partial charge in [0.1, 0.15) is 11.6 Å². The Morgan fingerprint density at radius 1 is 0.964 bits per heavy atom. The lowest BCUT2D eigenvalue weighted by Gasteiger charge is -2.21. The first-order valence-electron chi connectivity index (χ1n) is 8.92. The van der Waals surface area contributed by atoms with E-state index in [0.717, 1.165) is 11.1 Å². The number of carbonyl (C=O) groups is 2. The lowest BCUT2D eigenvalue weighted by Crippen LogP contribution is -2.41. The van der Waals surface area contributed by atoms with Crippen LogP contribution in [0.15, 0.2) is 48.5 Å². The highest BCUT2D eigenvalue weighted by molar-refractivity contribution is 8.00. The van der Waals surface area contributed by atoms with Crippen molar-refractivity contribution in [2.75, 3.05) is 19.3 Å². The van der Waals surface area contributed by atoms with Gasteiger partial charge >= 0.3 is 0 Å². The molecule has 2 rings (SSSR count). The molecule has 2 aromatic rings. The van der Waals surface area contributed by atoms with E-state index < -0.39 is 0 Å². The first-order chi connectivity index (χ1) is 13.3. The lowest BCUT2D eigenvalue weighted by molar-refractivity contribution is -0.132. The summed E-state index contributed by atoms with van der Waals surface area (Å²) in [6.07, 6.45) is 0. The SMILES string of the molecule is CC(C)NC(=O)CN(C)C(=O)CSC(c1ccc(F)cc1)c1ccc(F)cc1. The van der Waals surface area contributed by atoms with Gasteiger partial charge in [-0.25, -0.2) is 8.78 Å². The fourth-order valence-electron chi connectivity index (χ4n) is 2.60. The molecular weight excluding hydrogens is 382 g/mol. The molecular formula is C21H24F2N2O2S. The molecule has 28 heavy (non-hydrogen) atoms. The van der Waals surface area contributed by atoms with Crippen LogP contribution in [0.25, 0.3) is 0 Å². The van der Waals surface area contributed by atoms with Crippen molar-refractivity contribution < 1.29 is 18.4 Å². The van der Waals surface area contributed by atoms with Crippen molar-refractivity contribution in [3.63, 3.8) is 0 Å². The van der Waals surface area contributed by atoms with Gasteiger partial charge in [-0.1, -0.05) is 24.3 Å². The van der Waals surface area contributed by atoms with Crippen LogP contribution in [0, 0.1) is 11.6 Å². The zero-order chi connectivity index (χ0) is 20.7. The highest BCUT2D eigenvalue weighted by Gasteiger charge is 2.19. The standard InChI is InChI=1S/C21H24F2N2O2S/c1-14(2)24-19(26)12-25(3)20(27)13-28-21(15-4-8-17(22)9-5-15)16-6-10-18(23)11-7-16/h4-11,14,21H,12-13H2,1-3H3,(H,24,26). The molecule has 1 N–H and O–H groups in total. The maximum Gasteiger partial charge on any atom is 0.239 e. The van der Waals surface area contributed by atoms with Crippen molar-refractivity contribution in [1.82, 2.24) is 10.2 Å². The molecule has 0 aliphatic rings. The topological polar surface area (TPSA) is 49.4 Å². The first kappa shape index (κ1) is 21.9. The molecule has 0 aromatic heterocycles. The van der Waals surface area contributed by atoms with E-state index in [0.29, 0.717) is 0 Å². The Hall–Kier alpha value is -2.41. The maximum absolute atomic E-state index is 13.3. The Kier molecular flexibility index (Phi) is 7.99. The van der Waals surface area contributed by atoms with E-state index in [2.05, 4.69) is 5.32 Å². The average Bonchev–Trinajstić information content (AvgIpc) is 2.63. The molecule has 0 radical (unpaired) electrons. The number of halogens is 2. The molecule has 0 aliphatic carbocycles. The molecule has 0 spiro atoms. The second-order valence-electron chi connectivity index (χ2n) is 6.77. The van der Waals surface area contributed by atoms with Crippen LogP contribution < -0.4 is 5.32 Å². The molecule has 0 heterocycles. The number of nitrogens with zero attached hydrogens (tertiary/aromatic N) is 1. The van der Waals surface area contributed by atoms with Gasteiger partial charge in [-0.15, -0.1) is 11.8 Å². The number of hydrogen-bond donors (Lipinski definition) is 1. The summed E-state index contributed by atoms with van der Waals surface area (Å²) >= 11 is 1.35. The van der Waals surface area contributed by atoms with Crippen molar-refractivity contribution in [1.29, 1.82) is 0 Å². The lowest BCUT2D eigenvalue weighted by atomic mass is 10.0. The summed E-state index contributed by atoms with van der Waals surface area (Å²) in [7, 11) is 1.58. The van der Waals surface area contributed by atoms with Crippen LogP contribution in [0.2, 0.25) is 0 Å². The number of carbonyl (C=O) groups excluding carboxylic acids is 2. The fraction of sp³-hybridized carbons (Fsp3) is 0.333. The highest BCUT2D eigenvalue weighted by Crippen LogP contribution is 2.35. The van der Waals surface area contributed by atoms with Crippen molar-refractivity contribution in [2.45, 2.75) is 25.1 Å². The van der Waals surface area contributed by atoms with E-state index in [1.54, 1.807) is 31.3 Å². The van der Waals surface area contributed by atoms with E-state index in [4.69, 9.17) is 0 Å². The van der Waals surface area contributed by atoms with Crippen molar-refractivity contribution in [2.24, 2.45) is 0 Å². The van der Waals surface area contributed by atoms with Crippen molar-refractivity contribution in [3.8, 4) is 0 Å². The van der Waals surface area contributed by atoms with E-state index in [9.17, 15) is 18.4 Å². The molecule has 0 aliphatic heterocycles. The molecule has 150 valence electrons. The third-order valence-electron chi connectivity index (χ3n) is 3.98. The van der Waals surface area contributed by atoms with Crippen molar-refractivity contribution >= 4 is 23.6 Å². The molecule has 2 aromatic carbocycles. The Balaban J connectivity index is 2.08. The molecule has 0 unspecified atom stereocenters. The van der Waals surface area contributed by atoms with Crippen LogP contribution in [-0.2, 0) is 9.59 Å². The minimum Gasteiger partial charge on any atom is -0.352 e. The highest BCUT2D eigenvalue weighted by atomic mass is 32.2. The second-order valence-corrected chi connectivity index (χ2v) is 7.86. The zero-order valence-electron chi connectivity index (χ0n) is 16.1. The Bertz CT molecular complexity index is 750. The number of benzene rings is 2. The third-order valence-corrected chi connectivity index (χ3v) is 5.27. The molecule has 4 nitrogen and oxygen atoms in total. The average molecular weight is 406 g/mol. The van der Waals surface area contributed by atoms with Gasteiger partial charge in [-0.3, -0.25) is 9.59 Å². The van der Waals surface area contributed by atoms with Gasteiger partial charge in [0.25, 0.3) is 0 Å². The molecule has 2 amide bonds. The zero-order valence-corrected chi connectivity index (χ0v) is 16.9. The van der Waals surface area contributed by atoms with Crippen LogP contribution in [0.4, 0.5) is 8.78 Å². The van der Waals surface area contributed by atoms with Crippen LogP contribution in [0.1, 0.15) is 30.2 Å². The number of rotatable bonds is 8. The number of likely N-dealkylation sites (N-methyl/N-ethyl adjacent to an activating group) is 1. The van der Waals surface area contributed by atoms with Gasteiger partial charge < -0.3 is 10.2 Å². The summed E-state index contributed by atoms with van der Waals surface area (Å²) in [6.45, 7) is 3.69. The summed E-state index contributed by atoms with van der Waals surface area (Å²) in [6, 6.07) is 12.1. The van der Waals surface area contributed by atoms with E-state index in [-0.39, 0.29) is 47.0 Å². The minimum atomic E-state index is -0.349. The quantitative estimate of drug-likeness (QED) is 0.726. The molecule has 0 fully saturated rings. The number of hydrogen-bond acceptors (Lipinski definition) is 3. The van der Waals surface area contributed by atoms with Gasteiger partial charge in [0.05, 0.1) is 17.5 Å². The van der Waals surface area contributed by atoms with E-state index >= 15 is 0 Å². The largest absolute Gasteiger partial charge is 0.352 e. The van der Waals surface area contributed by atoms with E-state index in [1.807, 2.05) is 13.8 Å².